The van der Waals surface area contributed by atoms with Gasteiger partial charge >= 0.3 is 11.9 Å². The van der Waals surface area contributed by atoms with Crippen LogP contribution in [0.15, 0.2) is 24.3 Å². The maximum absolute atomic E-state index is 11.9. The molecule has 7 nitrogen and oxygen atoms in total. The monoisotopic (exact) mass is 652 g/mol. The van der Waals surface area contributed by atoms with Gasteiger partial charge in [-0.3, -0.25) is 9.59 Å². The first-order valence-electron chi connectivity index (χ1n) is 18.9. The van der Waals surface area contributed by atoms with Gasteiger partial charge in [0.1, 0.15) is 13.2 Å². The van der Waals surface area contributed by atoms with E-state index in [9.17, 15) is 9.59 Å². The first-order valence-corrected chi connectivity index (χ1v) is 18.9. The summed E-state index contributed by atoms with van der Waals surface area (Å²) in [5.41, 5.74) is 0. The van der Waals surface area contributed by atoms with Gasteiger partial charge in [0.25, 0.3) is 0 Å². The molecule has 0 bridgehead atoms. The molecule has 0 fully saturated rings. The highest BCUT2D eigenvalue weighted by molar-refractivity contribution is 5.69. The number of ether oxygens (including phenoxy) is 4. The van der Waals surface area contributed by atoms with E-state index < -0.39 is 0 Å². The first kappa shape index (κ1) is 44.3. The summed E-state index contributed by atoms with van der Waals surface area (Å²) in [6.45, 7) is 8.45. The molecular weight excluding hydrogens is 578 g/mol. The van der Waals surface area contributed by atoms with Gasteiger partial charge in [-0.1, -0.05) is 102 Å². The van der Waals surface area contributed by atoms with Crippen LogP contribution in [0.3, 0.4) is 0 Å². The molecule has 0 saturated heterocycles. The highest BCUT2D eigenvalue weighted by atomic mass is 16.5. The molecule has 0 aromatic rings. The molecule has 0 heterocycles. The predicted octanol–water partition coefficient (Wildman–Crippen LogP) is 9.77. The van der Waals surface area contributed by atoms with Crippen LogP contribution in [0, 0.1) is 0 Å². The zero-order chi connectivity index (χ0) is 33.8. The van der Waals surface area contributed by atoms with E-state index in [1.165, 1.54) is 51.4 Å². The van der Waals surface area contributed by atoms with Gasteiger partial charge in [-0.15, -0.1) is 0 Å². The van der Waals surface area contributed by atoms with Crippen molar-refractivity contribution in [3.8, 4) is 0 Å². The molecule has 270 valence electrons. The highest BCUT2D eigenvalue weighted by Crippen LogP contribution is 2.10. The minimum atomic E-state index is -0.0932. The Balaban J connectivity index is 3.67. The summed E-state index contributed by atoms with van der Waals surface area (Å²) >= 11 is 0. The molecule has 0 amide bonds. The van der Waals surface area contributed by atoms with Gasteiger partial charge in [0.05, 0.1) is 6.10 Å². The number of unbranched alkanes of at least 4 members (excludes halogenated alkanes) is 14. The van der Waals surface area contributed by atoms with Gasteiger partial charge < -0.3 is 23.8 Å². The third-order valence-corrected chi connectivity index (χ3v) is 7.90. The van der Waals surface area contributed by atoms with Crippen molar-refractivity contribution >= 4 is 11.9 Å². The van der Waals surface area contributed by atoms with Crippen LogP contribution in [0.5, 0.6) is 0 Å². The standard InChI is InChI=1S/C39H73NO6/c1-5-7-9-11-13-17-25-34-45-38(41)29-21-15-19-23-31-43-32-27-28-37(36-40(3)4)44-33-24-20-16-22-30-39(42)46-35-26-18-14-12-10-8-6-2/h17-18,25-26,37H,5-16,19-24,27-36H2,1-4H3/b25-17-,26-18-. The Morgan fingerprint density at radius 1 is 0.565 bits per heavy atom. The molecule has 46 heavy (non-hydrogen) atoms. The van der Waals surface area contributed by atoms with Gasteiger partial charge in [-0.05, 0) is 78.3 Å². The van der Waals surface area contributed by atoms with Crippen LogP contribution >= 0.6 is 0 Å². The molecule has 0 N–H and O–H groups in total. The minimum absolute atomic E-state index is 0.0920. The average Bonchev–Trinajstić information content (AvgIpc) is 3.03. The molecule has 0 aliphatic rings. The third-order valence-electron chi connectivity index (χ3n) is 7.90. The van der Waals surface area contributed by atoms with E-state index in [0.29, 0.717) is 26.1 Å². The van der Waals surface area contributed by atoms with Gasteiger partial charge in [-0.25, -0.2) is 0 Å². The van der Waals surface area contributed by atoms with Crippen molar-refractivity contribution in [3.05, 3.63) is 24.3 Å². The van der Waals surface area contributed by atoms with E-state index in [-0.39, 0.29) is 18.0 Å². The summed E-state index contributed by atoms with van der Waals surface area (Å²) < 4.78 is 22.6. The van der Waals surface area contributed by atoms with Crippen LogP contribution in [0.4, 0.5) is 0 Å². The summed E-state index contributed by atoms with van der Waals surface area (Å²) in [5.74, 6) is -0.185. The third kappa shape index (κ3) is 35.2. The van der Waals surface area contributed by atoms with Crippen LogP contribution in [-0.4, -0.2) is 76.6 Å². The van der Waals surface area contributed by atoms with Crippen molar-refractivity contribution < 1.29 is 28.5 Å². The van der Waals surface area contributed by atoms with Crippen LogP contribution < -0.4 is 0 Å². The van der Waals surface area contributed by atoms with Gasteiger partial charge in [0, 0.05) is 39.2 Å². The Bertz CT molecular complexity index is 723. The number of esters is 2. The largest absolute Gasteiger partial charge is 0.461 e. The minimum Gasteiger partial charge on any atom is -0.461 e. The van der Waals surface area contributed by atoms with E-state index in [1.807, 2.05) is 12.2 Å². The van der Waals surface area contributed by atoms with E-state index in [2.05, 4.69) is 45.0 Å². The van der Waals surface area contributed by atoms with E-state index in [4.69, 9.17) is 18.9 Å². The number of nitrogens with zero attached hydrogens (tertiary/aromatic N) is 1. The molecule has 0 spiro atoms. The number of carbonyl (C=O) groups excluding carboxylic acids is 2. The van der Waals surface area contributed by atoms with E-state index >= 15 is 0 Å². The SMILES string of the molecule is CCCCCC/C=C\COC(=O)CCCCCCOCCCC(CN(C)C)OCCCCCCC(=O)OC/C=C\CCCCCC. The van der Waals surface area contributed by atoms with Crippen molar-refractivity contribution in [1.29, 1.82) is 0 Å². The average molecular weight is 652 g/mol. The Morgan fingerprint density at radius 3 is 1.57 bits per heavy atom. The Morgan fingerprint density at radius 2 is 1.04 bits per heavy atom. The molecule has 0 radical (unpaired) electrons. The molecule has 0 aliphatic carbocycles. The Hall–Kier alpha value is -1.70. The van der Waals surface area contributed by atoms with E-state index in [0.717, 1.165) is 103 Å². The second-order valence-electron chi connectivity index (χ2n) is 12.8. The van der Waals surface area contributed by atoms with E-state index in [1.54, 1.807) is 0 Å². The molecule has 0 aromatic heterocycles. The molecule has 1 unspecified atom stereocenters. The van der Waals surface area contributed by atoms with Gasteiger partial charge in [0.2, 0.25) is 0 Å². The molecule has 0 saturated carbocycles. The summed E-state index contributed by atoms with van der Waals surface area (Å²) in [4.78, 5) is 25.9. The van der Waals surface area contributed by atoms with Crippen molar-refractivity contribution in [2.24, 2.45) is 0 Å². The van der Waals surface area contributed by atoms with Gasteiger partial charge in [-0.2, -0.15) is 0 Å². The van der Waals surface area contributed by atoms with Crippen molar-refractivity contribution in [1.82, 2.24) is 4.90 Å². The van der Waals surface area contributed by atoms with Crippen molar-refractivity contribution in [2.75, 3.05) is 53.7 Å². The summed E-state index contributed by atoms with van der Waals surface area (Å²) in [5, 5.41) is 0. The lowest BCUT2D eigenvalue weighted by Gasteiger charge is -2.21. The Labute approximate surface area is 284 Å². The fraction of sp³-hybridized carbons (Fsp3) is 0.846. The second-order valence-corrected chi connectivity index (χ2v) is 12.8. The summed E-state index contributed by atoms with van der Waals surface area (Å²) in [7, 11) is 4.17. The molecule has 0 aromatic carbocycles. The topological polar surface area (TPSA) is 74.3 Å². The number of rotatable bonds is 35. The zero-order valence-electron chi connectivity index (χ0n) is 30.6. The quantitative estimate of drug-likeness (QED) is 0.0384. The number of hydrogen-bond acceptors (Lipinski definition) is 7. The molecule has 1 atom stereocenters. The lowest BCUT2D eigenvalue weighted by Crippen LogP contribution is -2.29. The Kier molecular flexibility index (Phi) is 34.8. The van der Waals surface area contributed by atoms with Crippen LogP contribution in [0.1, 0.15) is 155 Å². The predicted molar refractivity (Wildman–Crippen MR) is 192 cm³/mol. The normalized spacial score (nSPS) is 12.5. The maximum Gasteiger partial charge on any atom is 0.306 e. The molecular formula is C39H73NO6. The van der Waals surface area contributed by atoms with Crippen LogP contribution in [0.2, 0.25) is 0 Å². The maximum atomic E-state index is 11.9. The smallest absolute Gasteiger partial charge is 0.306 e. The summed E-state index contributed by atoms with van der Waals surface area (Å²) in [6, 6.07) is 0. The number of likely N-dealkylation sites (N-methyl/N-ethyl adjacent to an activating group) is 1. The summed E-state index contributed by atoms with van der Waals surface area (Å²) in [6.07, 6.45) is 31.7. The first-order chi connectivity index (χ1) is 22.5. The highest BCUT2D eigenvalue weighted by Gasteiger charge is 2.10. The number of allylic oxidation sites excluding steroid dienone is 2. The van der Waals surface area contributed by atoms with Crippen LogP contribution in [0.25, 0.3) is 0 Å². The number of hydrogen-bond donors (Lipinski definition) is 0. The lowest BCUT2D eigenvalue weighted by molar-refractivity contribution is -0.143. The molecule has 0 aliphatic heterocycles. The fourth-order valence-corrected chi connectivity index (χ4v) is 5.13. The fourth-order valence-electron chi connectivity index (χ4n) is 5.13. The lowest BCUT2D eigenvalue weighted by atomic mass is 10.1. The molecule has 7 heteroatoms. The van der Waals surface area contributed by atoms with Crippen LogP contribution in [-0.2, 0) is 28.5 Å². The molecule has 0 rings (SSSR count). The second kappa shape index (κ2) is 36.1. The van der Waals surface area contributed by atoms with Crippen molar-refractivity contribution in [2.45, 2.75) is 161 Å². The van der Waals surface area contributed by atoms with Gasteiger partial charge in [0.15, 0.2) is 0 Å². The number of carbonyl (C=O) groups is 2. The zero-order valence-corrected chi connectivity index (χ0v) is 30.6. The van der Waals surface area contributed by atoms with Crippen molar-refractivity contribution in [3.63, 3.8) is 0 Å².